The first kappa shape index (κ1) is 17.6. The maximum atomic E-state index is 9.61. The van der Waals surface area contributed by atoms with Crippen LogP contribution in [-0.2, 0) is 6.54 Å². The molecule has 25 heavy (non-hydrogen) atoms. The summed E-state index contributed by atoms with van der Waals surface area (Å²) in [5.74, 6) is 1.31. The van der Waals surface area contributed by atoms with Crippen molar-refractivity contribution in [2.75, 3.05) is 30.7 Å². The molecule has 0 spiro atoms. The fourth-order valence-electron chi connectivity index (χ4n) is 3.29. The molecule has 1 unspecified atom stereocenters. The van der Waals surface area contributed by atoms with Gasteiger partial charge in [-0.1, -0.05) is 25.1 Å². The van der Waals surface area contributed by atoms with E-state index in [0.717, 1.165) is 37.2 Å². The highest BCUT2D eigenvalue weighted by Gasteiger charge is 2.30. The number of aliphatic hydroxyl groups is 1. The minimum Gasteiger partial charge on any atom is -0.396 e. The van der Waals surface area contributed by atoms with Gasteiger partial charge in [-0.3, -0.25) is 4.90 Å². The predicted molar refractivity (Wildman–Crippen MR) is 98.4 cm³/mol. The molecule has 0 bridgehead atoms. The Morgan fingerprint density at radius 3 is 2.84 bits per heavy atom. The molecule has 1 aliphatic rings. The summed E-state index contributed by atoms with van der Waals surface area (Å²) in [6.45, 7) is 6.74. The number of nitrogen functional groups attached to an aromatic ring is 1. The lowest BCUT2D eigenvalue weighted by molar-refractivity contribution is 0.0417. The fourth-order valence-corrected chi connectivity index (χ4v) is 3.29. The molecule has 2 heterocycles. The summed E-state index contributed by atoms with van der Waals surface area (Å²) in [7, 11) is 0. The number of aliphatic hydroxyl groups excluding tert-OH is 1. The number of piperidine rings is 1. The molecule has 1 aromatic carbocycles. The van der Waals surface area contributed by atoms with Gasteiger partial charge in [-0.05, 0) is 37.9 Å². The Balaban J connectivity index is 1.74. The molecule has 3 rings (SSSR count). The summed E-state index contributed by atoms with van der Waals surface area (Å²) in [6, 6.07) is 7.95. The summed E-state index contributed by atoms with van der Waals surface area (Å²) in [6.07, 6.45) is 2.10. The van der Waals surface area contributed by atoms with Crippen molar-refractivity contribution in [1.29, 1.82) is 0 Å². The second-order valence-corrected chi connectivity index (χ2v) is 7.16. The Hall–Kier alpha value is -2.25. The standard InChI is InChI=1S/C18H26N6O/c1-13-6-3-4-7-14(13)20-17-22-15(21-16(19)23-17)10-24-9-5-8-18(2,11-24)12-25/h3-4,6-7,25H,5,8-12H2,1-2H3,(H3,19,20,21,22,23). The normalized spacial score (nSPS) is 21.2. The Bertz CT molecular complexity index is 737. The molecule has 0 aliphatic carbocycles. The quantitative estimate of drug-likeness (QED) is 0.765. The van der Waals surface area contributed by atoms with E-state index in [4.69, 9.17) is 5.73 Å². The van der Waals surface area contributed by atoms with Crippen molar-refractivity contribution in [3.8, 4) is 0 Å². The van der Waals surface area contributed by atoms with Crippen LogP contribution in [0.1, 0.15) is 31.2 Å². The number of aromatic nitrogens is 3. The van der Waals surface area contributed by atoms with E-state index in [2.05, 4.69) is 32.1 Å². The Morgan fingerprint density at radius 1 is 1.28 bits per heavy atom. The molecule has 7 nitrogen and oxygen atoms in total. The number of rotatable bonds is 5. The number of likely N-dealkylation sites (tertiary alicyclic amines) is 1. The van der Waals surface area contributed by atoms with Gasteiger partial charge < -0.3 is 16.2 Å². The third-order valence-electron chi connectivity index (χ3n) is 4.70. The van der Waals surface area contributed by atoms with Gasteiger partial charge in [-0.25, -0.2) is 0 Å². The topological polar surface area (TPSA) is 100 Å². The highest BCUT2D eigenvalue weighted by molar-refractivity contribution is 5.58. The van der Waals surface area contributed by atoms with Gasteiger partial charge in [0.25, 0.3) is 0 Å². The van der Waals surface area contributed by atoms with Crippen molar-refractivity contribution in [2.24, 2.45) is 5.41 Å². The number of aryl methyl sites for hydroxylation is 1. The van der Waals surface area contributed by atoms with Gasteiger partial charge in [0, 0.05) is 24.3 Å². The average Bonchev–Trinajstić information content (AvgIpc) is 2.56. The molecule has 2 aromatic rings. The fraction of sp³-hybridized carbons (Fsp3) is 0.500. The zero-order valence-corrected chi connectivity index (χ0v) is 14.9. The van der Waals surface area contributed by atoms with Crippen LogP contribution >= 0.6 is 0 Å². The van der Waals surface area contributed by atoms with Crippen molar-refractivity contribution in [3.05, 3.63) is 35.7 Å². The lowest BCUT2D eigenvalue weighted by atomic mass is 9.83. The van der Waals surface area contributed by atoms with Gasteiger partial charge in [0.05, 0.1) is 6.54 Å². The van der Waals surface area contributed by atoms with Gasteiger partial charge in [0.15, 0.2) is 0 Å². The average molecular weight is 342 g/mol. The molecule has 4 N–H and O–H groups in total. The Kier molecular flexibility index (Phi) is 5.15. The first-order valence-electron chi connectivity index (χ1n) is 8.64. The minimum absolute atomic E-state index is 0.0565. The first-order chi connectivity index (χ1) is 12.0. The highest BCUT2D eigenvalue weighted by atomic mass is 16.3. The number of nitrogens with zero attached hydrogens (tertiary/aromatic N) is 4. The van der Waals surface area contributed by atoms with E-state index in [9.17, 15) is 5.11 Å². The van der Waals surface area contributed by atoms with E-state index in [1.165, 1.54) is 0 Å². The maximum absolute atomic E-state index is 9.61. The number of hydrogen-bond donors (Lipinski definition) is 3. The van der Waals surface area contributed by atoms with Gasteiger partial charge in [0.1, 0.15) is 5.82 Å². The van der Waals surface area contributed by atoms with E-state index < -0.39 is 0 Å². The van der Waals surface area contributed by atoms with Crippen LogP contribution in [0.2, 0.25) is 0 Å². The molecule has 0 amide bonds. The van der Waals surface area contributed by atoms with Crippen LogP contribution in [0, 0.1) is 12.3 Å². The van der Waals surface area contributed by atoms with Crippen LogP contribution in [0.4, 0.5) is 17.6 Å². The van der Waals surface area contributed by atoms with Crippen LogP contribution in [0.15, 0.2) is 24.3 Å². The van der Waals surface area contributed by atoms with Crippen molar-refractivity contribution >= 4 is 17.6 Å². The van der Waals surface area contributed by atoms with Gasteiger partial charge in [-0.15, -0.1) is 0 Å². The van der Waals surface area contributed by atoms with Gasteiger partial charge in [0.2, 0.25) is 11.9 Å². The van der Waals surface area contributed by atoms with E-state index in [0.29, 0.717) is 18.3 Å². The van der Waals surface area contributed by atoms with E-state index in [1.807, 2.05) is 31.2 Å². The van der Waals surface area contributed by atoms with Crippen LogP contribution in [0.3, 0.4) is 0 Å². The molecule has 0 radical (unpaired) electrons. The zero-order chi connectivity index (χ0) is 17.9. The van der Waals surface area contributed by atoms with Crippen molar-refractivity contribution in [3.63, 3.8) is 0 Å². The summed E-state index contributed by atoms with van der Waals surface area (Å²) in [5.41, 5.74) is 7.88. The number of para-hydroxylation sites is 1. The molecule has 1 aromatic heterocycles. The zero-order valence-electron chi connectivity index (χ0n) is 14.9. The number of nitrogens with one attached hydrogen (secondary N) is 1. The summed E-state index contributed by atoms with van der Waals surface area (Å²) in [4.78, 5) is 15.3. The van der Waals surface area contributed by atoms with Crippen molar-refractivity contribution in [1.82, 2.24) is 19.9 Å². The largest absolute Gasteiger partial charge is 0.396 e. The number of hydrogen-bond acceptors (Lipinski definition) is 7. The van der Waals surface area contributed by atoms with Gasteiger partial charge >= 0.3 is 0 Å². The van der Waals surface area contributed by atoms with Gasteiger partial charge in [-0.2, -0.15) is 15.0 Å². The number of anilines is 3. The minimum atomic E-state index is -0.0565. The van der Waals surface area contributed by atoms with Crippen molar-refractivity contribution < 1.29 is 5.11 Å². The molecule has 0 saturated carbocycles. The SMILES string of the molecule is Cc1ccccc1Nc1nc(N)nc(CN2CCCC(C)(CO)C2)n1. The molecule has 1 aliphatic heterocycles. The Morgan fingerprint density at radius 2 is 2.08 bits per heavy atom. The highest BCUT2D eigenvalue weighted by Crippen LogP contribution is 2.29. The molecule has 1 fully saturated rings. The summed E-state index contributed by atoms with van der Waals surface area (Å²) in [5, 5.41) is 12.8. The maximum Gasteiger partial charge on any atom is 0.232 e. The molecule has 1 atom stereocenters. The Labute approximate surface area is 148 Å². The molecule has 7 heteroatoms. The third-order valence-corrected chi connectivity index (χ3v) is 4.70. The van der Waals surface area contributed by atoms with E-state index >= 15 is 0 Å². The molecule has 1 saturated heterocycles. The second kappa shape index (κ2) is 7.33. The van der Waals surface area contributed by atoms with Crippen molar-refractivity contribution in [2.45, 2.75) is 33.2 Å². The van der Waals surface area contributed by atoms with Crippen LogP contribution in [0.5, 0.6) is 0 Å². The van der Waals surface area contributed by atoms with E-state index in [-0.39, 0.29) is 18.0 Å². The number of nitrogens with two attached hydrogens (primary N) is 1. The lowest BCUT2D eigenvalue weighted by Gasteiger charge is -2.39. The summed E-state index contributed by atoms with van der Waals surface area (Å²) < 4.78 is 0. The monoisotopic (exact) mass is 342 g/mol. The van der Waals surface area contributed by atoms with Crippen LogP contribution in [0.25, 0.3) is 0 Å². The smallest absolute Gasteiger partial charge is 0.232 e. The number of benzene rings is 1. The predicted octanol–water partition coefficient (Wildman–Crippen LogP) is 2.10. The lowest BCUT2D eigenvalue weighted by Crippen LogP contribution is -2.43. The molecular formula is C18H26N6O. The first-order valence-corrected chi connectivity index (χ1v) is 8.64. The summed E-state index contributed by atoms with van der Waals surface area (Å²) >= 11 is 0. The van der Waals surface area contributed by atoms with Crippen LogP contribution < -0.4 is 11.1 Å². The third kappa shape index (κ3) is 4.43. The molecule has 134 valence electrons. The van der Waals surface area contributed by atoms with Crippen LogP contribution in [-0.4, -0.2) is 44.7 Å². The molecular weight excluding hydrogens is 316 g/mol. The van der Waals surface area contributed by atoms with E-state index in [1.54, 1.807) is 0 Å². The second-order valence-electron chi connectivity index (χ2n) is 7.16.